The number of esters is 1. The summed E-state index contributed by atoms with van der Waals surface area (Å²) < 4.78 is 10.6. The second-order valence-electron chi connectivity index (χ2n) is 6.46. The number of hydrogen-bond acceptors (Lipinski definition) is 5. The van der Waals surface area contributed by atoms with Crippen LogP contribution in [0.15, 0.2) is 54.6 Å². The zero-order valence-corrected chi connectivity index (χ0v) is 16.3. The van der Waals surface area contributed by atoms with Gasteiger partial charge in [0.05, 0.1) is 23.9 Å². The van der Waals surface area contributed by atoms with E-state index in [0.717, 1.165) is 16.6 Å². The molecule has 3 aromatic rings. The first-order valence-corrected chi connectivity index (χ1v) is 8.89. The van der Waals surface area contributed by atoms with Gasteiger partial charge in [-0.15, -0.1) is 0 Å². The Morgan fingerprint density at radius 2 is 1.79 bits per heavy atom. The lowest BCUT2D eigenvalue weighted by atomic mass is 10.1. The summed E-state index contributed by atoms with van der Waals surface area (Å²) in [6.45, 7) is 3.30. The van der Waals surface area contributed by atoms with Crippen LogP contribution in [0.3, 0.4) is 0 Å². The lowest BCUT2D eigenvalue weighted by Crippen LogP contribution is -2.37. The highest BCUT2D eigenvalue weighted by molar-refractivity contribution is 6.00. The van der Waals surface area contributed by atoms with E-state index in [1.807, 2.05) is 36.4 Å². The van der Waals surface area contributed by atoms with Gasteiger partial charge in [-0.3, -0.25) is 9.78 Å². The number of methoxy groups -OCH3 is 1. The molecule has 0 unspecified atom stereocenters. The number of hydrogen-bond donors (Lipinski definition) is 0. The topological polar surface area (TPSA) is 68.7 Å². The predicted molar refractivity (Wildman–Crippen MR) is 108 cm³/mol. The largest absolute Gasteiger partial charge is 0.497 e. The Bertz CT molecular complexity index is 1020. The molecule has 1 aromatic heterocycles. The fraction of sp³-hybridized carbons (Fsp3) is 0.227. The molecule has 144 valence electrons. The van der Waals surface area contributed by atoms with Gasteiger partial charge in [0.15, 0.2) is 6.10 Å². The molecular weight excluding hydrogens is 356 g/mol. The number of nitrogens with zero attached hydrogens (tertiary/aromatic N) is 2. The number of aromatic nitrogens is 1. The zero-order valence-electron chi connectivity index (χ0n) is 16.3. The van der Waals surface area contributed by atoms with E-state index in [2.05, 4.69) is 4.98 Å². The van der Waals surface area contributed by atoms with Crippen LogP contribution < -0.4 is 9.64 Å². The van der Waals surface area contributed by atoms with Gasteiger partial charge in [0, 0.05) is 24.2 Å². The zero-order chi connectivity index (χ0) is 20.3. The quantitative estimate of drug-likeness (QED) is 0.633. The molecule has 3 rings (SSSR count). The Hall–Kier alpha value is -3.41. The first kappa shape index (κ1) is 19.4. The molecule has 28 heavy (non-hydrogen) atoms. The fourth-order valence-electron chi connectivity index (χ4n) is 2.90. The number of anilines is 1. The molecule has 0 aliphatic heterocycles. The Kier molecular flexibility index (Phi) is 5.59. The second kappa shape index (κ2) is 8.08. The number of aryl methyl sites for hydroxylation is 1. The minimum Gasteiger partial charge on any atom is -0.497 e. The van der Waals surface area contributed by atoms with Crippen molar-refractivity contribution in [3.05, 3.63) is 65.9 Å². The van der Waals surface area contributed by atoms with E-state index in [9.17, 15) is 9.59 Å². The molecule has 6 nitrogen and oxygen atoms in total. The Balaban J connectivity index is 1.78. The van der Waals surface area contributed by atoms with Gasteiger partial charge in [-0.25, -0.2) is 4.79 Å². The van der Waals surface area contributed by atoms with Crippen LogP contribution in [0.25, 0.3) is 10.9 Å². The van der Waals surface area contributed by atoms with Gasteiger partial charge in [0.2, 0.25) is 0 Å². The van der Waals surface area contributed by atoms with Crippen molar-refractivity contribution in [1.82, 2.24) is 4.98 Å². The Morgan fingerprint density at radius 3 is 2.46 bits per heavy atom. The van der Waals surface area contributed by atoms with E-state index < -0.39 is 12.1 Å². The molecule has 6 heteroatoms. The SMILES string of the molecule is COc1ccc2cc(C(=O)O[C@@H](C)C(=O)N(C)c3ccccc3)c(C)nc2c1. The molecule has 0 saturated carbocycles. The lowest BCUT2D eigenvalue weighted by Gasteiger charge is -2.21. The number of ether oxygens (including phenoxy) is 2. The van der Waals surface area contributed by atoms with Gasteiger partial charge in [0.25, 0.3) is 5.91 Å². The molecule has 0 aliphatic rings. The number of fused-ring (bicyclic) bond motifs is 1. The molecule has 0 N–H and O–H groups in total. The monoisotopic (exact) mass is 378 g/mol. The van der Waals surface area contributed by atoms with Crippen molar-refractivity contribution in [2.24, 2.45) is 0 Å². The summed E-state index contributed by atoms with van der Waals surface area (Å²) >= 11 is 0. The van der Waals surface area contributed by atoms with E-state index in [1.54, 1.807) is 46.2 Å². The maximum absolute atomic E-state index is 12.6. The molecule has 0 bridgehead atoms. The maximum atomic E-state index is 12.6. The average molecular weight is 378 g/mol. The minimum atomic E-state index is -0.927. The number of carbonyl (C=O) groups excluding carboxylic acids is 2. The summed E-state index contributed by atoms with van der Waals surface area (Å²) in [7, 11) is 3.24. The third-order valence-electron chi connectivity index (χ3n) is 4.54. The van der Waals surface area contributed by atoms with Crippen LogP contribution in [0.2, 0.25) is 0 Å². The van der Waals surface area contributed by atoms with Gasteiger partial charge in [0.1, 0.15) is 5.75 Å². The van der Waals surface area contributed by atoms with Crippen LogP contribution in [0, 0.1) is 6.92 Å². The maximum Gasteiger partial charge on any atom is 0.340 e. The van der Waals surface area contributed by atoms with E-state index in [0.29, 0.717) is 17.0 Å². The molecule has 2 aromatic carbocycles. The summed E-state index contributed by atoms with van der Waals surface area (Å²) in [5.41, 5.74) is 2.32. The standard InChI is InChI=1S/C22H22N2O4/c1-14-19(12-16-10-11-18(27-4)13-20(16)23-14)22(26)28-15(2)21(25)24(3)17-8-6-5-7-9-17/h5-13,15H,1-4H3/t15-/m0/s1. The number of likely N-dealkylation sites (N-methyl/N-ethyl adjacent to an activating group) is 1. The van der Waals surface area contributed by atoms with Crippen LogP contribution in [0.4, 0.5) is 5.69 Å². The fourth-order valence-corrected chi connectivity index (χ4v) is 2.90. The predicted octanol–water partition coefficient (Wildman–Crippen LogP) is 3.76. The summed E-state index contributed by atoms with van der Waals surface area (Å²) in [5, 5.41) is 0.790. The van der Waals surface area contributed by atoms with Crippen molar-refractivity contribution in [1.29, 1.82) is 0 Å². The highest BCUT2D eigenvalue weighted by atomic mass is 16.5. The summed E-state index contributed by atoms with van der Waals surface area (Å²) in [6.07, 6.45) is -0.927. The lowest BCUT2D eigenvalue weighted by molar-refractivity contribution is -0.126. The van der Waals surface area contributed by atoms with E-state index in [1.165, 1.54) is 4.90 Å². The van der Waals surface area contributed by atoms with Crippen molar-refractivity contribution in [2.75, 3.05) is 19.1 Å². The van der Waals surface area contributed by atoms with Crippen molar-refractivity contribution < 1.29 is 19.1 Å². The number of benzene rings is 2. The van der Waals surface area contributed by atoms with Crippen molar-refractivity contribution in [3.63, 3.8) is 0 Å². The number of amides is 1. The van der Waals surface area contributed by atoms with E-state index in [-0.39, 0.29) is 5.91 Å². The highest BCUT2D eigenvalue weighted by Gasteiger charge is 2.24. The van der Waals surface area contributed by atoms with Gasteiger partial charge in [-0.05, 0) is 44.2 Å². The summed E-state index contributed by atoms with van der Waals surface area (Å²) in [4.78, 5) is 31.2. The summed E-state index contributed by atoms with van der Waals surface area (Å²) in [6, 6.07) is 16.3. The highest BCUT2D eigenvalue weighted by Crippen LogP contribution is 2.22. The first-order valence-electron chi connectivity index (χ1n) is 8.89. The van der Waals surface area contributed by atoms with Crippen molar-refractivity contribution in [3.8, 4) is 5.75 Å². The third kappa shape index (κ3) is 3.96. The molecule has 0 radical (unpaired) electrons. The van der Waals surface area contributed by atoms with Gasteiger partial charge < -0.3 is 14.4 Å². The average Bonchev–Trinajstić information content (AvgIpc) is 2.72. The third-order valence-corrected chi connectivity index (χ3v) is 4.54. The van der Waals surface area contributed by atoms with E-state index >= 15 is 0 Å². The molecule has 0 saturated heterocycles. The number of para-hydroxylation sites is 1. The van der Waals surface area contributed by atoms with Gasteiger partial charge >= 0.3 is 5.97 Å². The number of rotatable bonds is 5. The first-order chi connectivity index (χ1) is 13.4. The van der Waals surface area contributed by atoms with Gasteiger partial charge in [-0.1, -0.05) is 18.2 Å². The summed E-state index contributed by atoms with van der Waals surface area (Å²) in [5.74, 6) is -0.196. The Morgan fingerprint density at radius 1 is 1.07 bits per heavy atom. The van der Waals surface area contributed by atoms with Crippen LogP contribution in [0.1, 0.15) is 23.0 Å². The molecule has 0 spiro atoms. The van der Waals surface area contributed by atoms with Crippen molar-refractivity contribution in [2.45, 2.75) is 20.0 Å². The normalized spacial score (nSPS) is 11.7. The van der Waals surface area contributed by atoms with Gasteiger partial charge in [-0.2, -0.15) is 0 Å². The molecule has 0 fully saturated rings. The van der Waals surface area contributed by atoms with Crippen molar-refractivity contribution >= 4 is 28.5 Å². The molecular formula is C22H22N2O4. The smallest absolute Gasteiger partial charge is 0.340 e. The molecule has 0 aliphatic carbocycles. The molecule has 1 heterocycles. The van der Waals surface area contributed by atoms with Crippen LogP contribution >= 0.6 is 0 Å². The minimum absolute atomic E-state index is 0.310. The van der Waals surface area contributed by atoms with Crippen LogP contribution in [0.5, 0.6) is 5.75 Å². The Labute approximate surface area is 163 Å². The van der Waals surface area contributed by atoms with E-state index in [4.69, 9.17) is 9.47 Å². The second-order valence-corrected chi connectivity index (χ2v) is 6.46. The molecule has 1 atom stereocenters. The number of pyridine rings is 1. The molecule has 1 amide bonds. The van der Waals surface area contributed by atoms with Crippen LogP contribution in [-0.4, -0.2) is 37.1 Å². The number of carbonyl (C=O) groups is 2. The van der Waals surface area contributed by atoms with Crippen LogP contribution in [-0.2, 0) is 9.53 Å².